The molecule has 3 nitrogen and oxygen atoms in total. The monoisotopic (exact) mass is 214 g/mol. The van der Waals surface area contributed by atoms with Crippen molar-refractivity contribution in [1.29, 1.82) is 0 Å². The van der Waals surface area contributed by atoms with Gasteiger partial charge in [-0.15, -0.1) is 0 Å². The van der Waals surface area contributed by atoms with Crippen molar-refractivity contribution in [2.75, 3.05) is 0 Å². The summed E-state index contributed by atoms with van der Waals surface area (Å²) in [6.45, 7) is 1.88. The van der Waals surface area contributed by atoms with E-state index in [4.69, 9.17) is 34.8 Å². The Morgan fingerprint density at radius 2 is 2.09 bits per heavy atom. The summed E-state index contributed by atoms with van der Waals surface area (Å²) in [6.07, 6.45) is 0.657. The zero-order chi connectivity index (χ0) is 8.48. The molecule has 0 spiro atoms. The number of halogens is 3. The molecule has 0 saturated heterocycles. The largest absolute Gasteiger partial charge is 0.335 e. The second-order valence-corrected chi connectivity index (χ2v) is 4.15. The molecular formula is C5H5Cl3N2O. The molecule has 1 aromatic heterocycles. The summed E-state index contributed by atoms with van der Waals surface area (Å²) in [7, 11) is 0. The molecule has 1 aromatic rings. The van der Waals surface area contributed by atoms with Crippen molar-refractivity contribution in [3.8, 4) is 0 Å². The Kier molecular flexibility index (Phi) is 2.62. The minimum Gasteiger partial charge on any atom is -0.335 e. The van der Waals surface area contributed by atoms with Crippen LogP contribution in [0.2, 0.25) is 0 Å². The highest BCUT2D eigenvalue weighted by molar-refractivity contribution is 6.66. The fraction of sp³-hybridized carbons (Fsp3) is 0.600. The Morgan fingerprint density at radius 1 is 1.45 bits per heavy atom. The van der Waals surface area contributed by atoms with E-state index >= 15 is 0 Å². The number of alkyl halides is 3. The molecule has 0 aliphatic carbocycles. The second kappa shape index (κ2) is 3.17. The molecule has 0 radical (unpaired) electrons. The van der Waals surface area contributed by atoms with Crippen LogP contribution in [0.5, 0.6) is 0 Å². The van der Waals surface area contributed by atoms with Gasteiger partial charge in [0.1, 0.15) is 0 Å². The standard InChI is InChI=1S/C5H5Cl3N2O/c1-2-3-9-4(11-10-3)5(6,7)8/h2H2,1H3. The predicted molar refractivity (Wildman–Crippen MR) is 42.9 cm³/mol. The van der Waals surface area contributed by atoms with Crippen LogP contribution in [0.1, 0.15) is 18.6 Å². The molecule has 0 unspecified atom stereocenters. The lowest BCUT2D eigenvalue weighted by Crippen LogP contribution is -2.00. The van der Waals surface area contributed by atoms with E-state index in [1.54, 1.807) is 0 Å². The van der Waals surface area contributed by atoms with Crippen LogP contribution >= 0.6 is 34.8 Å². The minimum absolute atomic E-state index is 0.0133. The van der Waals surface area contributed by atoms with Crippen LogP contribution in [0.25, 0.3) is 0 Å². The number of hydrogen-bond donors (Lipinski definition) is 0. The molecular weight excluding hydrogens is 210 g/mol. The Bertz CT molecular complexity index is 242. The molecule has 6 heteroatoms. The number of hydrogen-bond acceptors (Lipinski definition) is 3. The van der Waals surface area contributed by atoms with E-state index in [0.29, 0.717) is 12.2 Å². The van der Waals surface area contributed by atoms with Crippen molar-refractivity contribution in [3.05, 3.63) is 11.7 Å². The van der Waals surface area contributed by atoms with E-state index in [1.807, 2.05) is 6.92 Å². The highest BCUT2D eigenvalue weighted by atomic mass is 35.6. The number of aromatic nitrogens is 2. The first kappa shape index (κ1) is 9.10. The molecule has 0 aliphatic heterocycles. The molecule has 11 heavy (non-hydrogen) atoms. The summed E-state index contributed by atoms with van der Waals surface area (Å²) in [6, 6.07) is 0. The van der Waals surface area contributed by atoms with Crippen molar-refractivity contribution in [3.63, 3.8) is 0 Å². The SMILES string of the molecule is CCc1noc(C(Cl)(Cl)Cl)n1. The summed E-state index contributed by atoms with van der Waals surface area (Å²) in [5.41, 5.74) is 0. The van der Waals surface area contributed by atoms with E-state index < -0.39 is 3.79 Å². The maximum Gasteiger partial charge on any atom is 0.278 e. The molecule has 1 rings (SSSR count). The highest BCUT2D eigenvalue weighted by Gasteiger charge is 2.30. The molecule has 1 heterocycles. The van der Waals surface area contributed by atoms with Crippen molar-refractivity contribution < 1.29 is 4.52 Å². The lowest BCUT2D eigenvalue weighted by molar-refractivity contribution is 0.377. The molecule has 0 saturated carbocycles. The van der Waals surface area contributed by atoms with Crippen molar-refractivity contribution in [2.45, 2.75) is 17.1 Å². The average molecular weight is 215 g/mol. The number of rotatable bonds is 1. The lowest BCUT2D eigenvalue weighted by Gasteiger charge is -2.01. The van der Waals surface area contributed by atoms with Gasteiger partial charge < -0.3 is 4.52 Å². The van der Waals surface area contributed by atoms with Crippen LogP contribution < -0.4 is 0 Å². The van der Waals surface area contributed by atoms with Gasteiger partial charge in [-0.2, -0.15) is 4.98 Å². The Morgan fingerprint density at radius 3 is 2.36 bits per heavy atom. The van der Waals surface area contributed by atoms with Crippen LogP contribution in [0.15, 0.2) is 4.52 Å². The van der Waals surface area contributed by atoms with Crippen molar-refractivity contribution in [1.82, 2.24) is 10.1 Å². The Labute approximate surface area is 78.6 Å². The summed E-state index contributed by atoms with van der Waals surface area (Å²) < 4.78 is 3.05. The third-order valence-corrected chi connectivity index (χ3v) is 1.51. The summed E-state index contributed by atoms with van der Waals surface area (Å²) >= 11 is 16.4. The Hall–Kier alpha value is 0.01000. The van der Waals surface area contributed by atoms with Crippen LogP contribution in [0.3, 0.4) is 0 Å². The van der Waals surface area contributed by atoms with Gasteiger partial charge in [0, 0.05) is 6.42 Å². The first-order chi connectivity index (χ1) is 5.04. The van der Waals surface area contributed by atoms with Gasteiger partial charge in [0.05, 0.1) is 0 Å². The van der Waals surface area contributed by atoms with Crippen LogP contribution in [0.4, 0.5) is 0 Å². The van der Waals surface area contributed by atoms with E-state index in [0.717, 1.165) is 0 Å². The molecule has 0 aliphatic rings. The van der Waals surface area contributed by atoms with Crippen molar-refractivity contribution >= 4 is 34.8 Å². The first-order valence-electron chi connectivity index (χ1n) is 2.94. The summed E-state index contributed by atoms with van der Waals surface area (Å²) in [4.78, 5) is 3.83. The Balaban J connectivity index is 2.89. The fourth-order valence-corrected chi connectivity index (χ4v) is 0.743. The lowest BCUT2D eigenvalue weighted by atomic mass is 10.5. The highest BCUT2D eigenvalue weighted by Crippen LogP contribution is 2.36. The minimum atomic E-state index is -1.61. The zero-order valence-electron chi connectivity index (χ0n) is 5.64. The van der Waals surface area contributed by atoms with Gasteiger partial charge in [0.25, 0.3) is 9.68 Å². The second-order valence-electron chi connectivity index (χ2n) is 1.87. The van der Waals surface area contributed by atoms with Gasteiger partial charge in [-0.3, -0.25) is 0 Å². The van der Waals surface area contributed by atoms with Gasteiger partial charge >= 0.3 is 0 Å². The average Bonchev–Trinajstić information content (AvgIpc) is 2.32. The molecule has 0 aromatic carbocycles. The van der Waals surface area contributed by atoms with Crippen LogP contribution in [0, 0.1) is 0 Å². The normalized spacial score (nSPS) is 12.0. The van der Waals surface area contributed by atoms with Crippen molar-refractivity contribution in [2.24, 2.45) is 0 Å². The van der Waals surface area contributed by atoms with Gasteiger partial charge in [-0.1, -0.05) is 46.9 Å². The summed E-state index contributed by atoms with van der Waals surface area (Å²) in [5, 5.41) is 3.56. The molecule has 0 atom stereocenters. The van der Waals surface area contributed by atoms with Gasteiger partial charge in [-0.25, -0.2) is 0 Å². The third-order valence-electron chi connectivity index (χ3n) is 1.03. The van der Waals surface area contributed by atoms with Gasteiger partial charge in [0.2, 0.25) is 0 Å². The maximum atomic E-state index is 5.46. The fourth-order valence-electron chi connectivity index (χ4n) is 0.513. The van der Waals surface area contributed by atoms with Crippen LogP contribution in [-0.2, 0) is 10.2 Å². The van der Waals surface area contributed by atoms with E-state index in [-0.39, 0.29) is 5.89 Å². The van der Waals surface area contributed by atoms with E-state index in [2.05, 4.69) is 14.7 Å². The van der Waals surface area contributed by atoms with E-state index in [9.17, 15) is 0 Å². The zero-order valence-corrected chi connectivity index (χ0v) is 7.91. The molecule has 0 fully saturated rings. The van der Waals surface area contributed by atoms with E-state index in [1.165, 1.54) is 0 Å². The van der Waals surface area contributed by atoms with Crippen LogP contribution in [-0.4, -0.2) is 10.1 Å². The quantitative estimate of drug-likeness (QED) is 0.676. The number of nitrogens with zero attached hydrogens (tertiary/aromatic N) is 2. The number of aryl methyl sites for hydroxylation is 1. The topological polar surface area (TPSA) is 38.9 Å². The summed E-state index contributed by atoms with van der Waals surface area (Å²) in [5.74, 6) is 0.547. The van der Waals surface area contributed by atoms with Gasteiger partial charge in [-0.05, 0) is 0 Å². The molecule has 0 N–H and O–H groups in total. The van der Waals surface area contributed by atoms with Gasteiger partial charge in [0.15, 0.2) is 5.82 Å². The molecule has 62 valence electrons. The molecule has 0 bridgehead atoms. The predicted octanol–water partition coefficient (Wildman–Crippen LogP) is 2.46. The first-order valence-corrected chi connectivity index (χ1v) is 4.07. The third kappa shape index (κ3) is 2.22. The smallest absolute Gasteiger partial charge is 0.278 e. The molecule has 0 amide bonds. The maximum absolute atomic E-state index is 5.46.